The van der Waals surface area contributed by atoms with Crippen LogP contribution in [0.2, 0.25) is 0 Å². The maximum atomic E-state index is 16.3. The Kier molecular flexibility index (Phi) is 8.26. The fraction of sp³-hybridized carbons (Fsp3) is 0.375. The number of rotatable bonds is 7. The Morgan fingerprint density at radius 2 is 1.82 bits per heavy atom. The van der Waals surface area contributed by atoms with Crippen molar-refractivity contribution in [2.45, 2.75) is 38.1 Å². The molecular weight excluding hydrogens is 571 g/mol. The second-order valence-electron chi connectivity index (χ2n) is 11.6. The standard InChI is InChI=1S/C32H34F3N7O2/c1-40(2)32(44)26-17-25-24(22-6-5-21(28(33)29(22)34)19-7-10-36-11-8-19)16-23(30(35)31(25)38-26)20-4-3-13-41(18-20)27(43)9-14-42-15-12-37-39-42/h4-6,12,15-17,19,36,38H,3,7-11,13-14,18H2,1-2H3. The van der Waals surface area contributed by atoms with Gasteiger partial charge in [-0.1, -0.05) is 23.4 Å². The largest absolute Gasteiger partial charge is 0.348 e. The van der Waals surface area contributed by atoms with Crippen molar-refractivity contribution in [2.75, 3.05) is 40.3 Å². The number of fused-ring (bicyclic) bond motifs is 1. The third-order valence-corrected chi connectivity index (χ3v) is 8.55. The minimum absolute atomic E-state index is 0.0143. The lowest BCUT2D eigenvalue weighted by atomic mass is 9.87. The SMILES string of the molecule is CN(C)C(=O)c1cc2c(-c3ccc(C4CCNCC4)c(F)c3F)cc(C3=CCCN(C(=O)CCn4ccnn4)C3)c(F)c2[nH]1. The van der Waals surface area contributed by atoms with Crippen LogP contribution in [0.4, 0.5) is 13.2 Å². The summed E-state index contributed by atoms with van der Waals surface area (Å²) < 4.78 is 49.4. The highest BCUT2D eigenvalue weighted by Crippen LogP contribution is 2.40. The topological polar surface area (TPSA) is 99.2 Å². The molecule has 0 spiro atoms. The molecule has 1 saturated heterocycles. The number of aromatic amines is 1. The van der Waals surface area contributed by atoms with Crippen molar-refractivity contribution in [3.63, 3.8) is 0 Å². The summed E-state index contributed by atoms with van der Waals surface area (Å²) in [5.74, 6) is -3.15. The summed E-state index contributed by atoms with van der Waals surface area (Å²) in [5, 5.41) is 11.1. The van der Waals surface area contributed by atoms with E-state index in [-0.39, 0.29) is 64.0 Å². The van der Waals surface area contributed by atoms with Crippen molar-refractivity contribution in [3.05, 3.63) is 77.0 Å². The third-order valence-electron chi connectivity index (χ3n) is 8.55. The normalized spacial score (nSPS) is 15.9. The molecule has 4 heterocycles. The summed E-state index contributed by atoms with van der Waals surface area (Å²) in [6.45, 7) is 2.45. The zero-order chi connectivity index (χ0) is 31.0. The molecule has 0 atom stereocenters. The first-order valence-electron chi connectivity index (χ1n) is 14.8. The lowest BCUT2D eigenvalue weighted by Crippen LogP contribution is -2.36. The van der Waals surface area contributed by atoms with Crippen molar-refractivity contribution in [3.8, 4) is 11.1 Å². The van der Waals surface area contributed by atoms with E-state index in [1.54, 1.807) is 42.0 Å². The summed E-state index contributed by atoms with van der Waals surface area (Å²) in [5.41, 5.74) is 1.42. The number of nitrogens with one attached hydrogen (secondary N) is 2. The Hall–Kier alpha value is -4.45. The molecule has 2 aromatic heterocycles. The van der Waals surface area contributed by atoms with E-state index in [1.807, 2.05) is 6.08 Å². The molecule has 0 aliphatic carbocycles. The van der Waals surface area contributed by atoms with Gasteiger partial charge in [0.2, 0.25) is 5.91 Å². The van der Waals surface area contributed by atoms with E-state index in [2.05, 4.69) is 20.6 Å². The number of halogens is 3. The molecule has 2 aliphatic rings. The summed E-state index contributed by atoms with van der Waals surface area (Å²) in [7, 11) is 3.15. The van der Waals surface area contributed by atoms with Crippen LogP contribution >= 0.6 is 0 Å². The Morgan fingerprint density at radius 1 is 1.02 bits per heavy atom. The average Bonchev–Trinajstić information content (AvgIpc) is 3.73. The first-order valence-corrected chi connectivity index (χ1v) is 14.8. The number of hydrogen-bond acceptors (Lipinski definition) is 5. The molecule has 0 saturated carbocycles. The Balaban J connectivity index is 1.41. The van der Waals surface area contributed by atoms with Gasteiger partial charge in [-0.3, -0.25) is 14.3 Å². The zero-order valence-corrected chi connectivity index (χ0v) is 24.7. The Bertz CT molecular complexity index is 1740. The number of carbonyl (C=O) groups is 2. The molecule has 230 valence electrons. The fourth-order valence-corrected chi connectivity index (χ4v) is 6.17. The molecule has 9 nitrogen and oxygen atoms in total. The van der Waals surface area contributed by atoms with Crippen LogP contribution in [0.25, 0.3) is 27.6 Å². The number of carbonyl (C=O) groups excluding carboxylic acids is 2. The minimum atomic E-state index is -1.01. The molecule has 2 aromatic carbocycles. The summed E-state index contributed by atoms with van der Waals surface area (Å²) in [6, 6.07) is 6.15. The second-order valence-corrected chi connectivity index (χ2v) is 11.6. The fourth-order valence-electron chi connectivity index (χ4n) is 6.17. The molecule has 44 heavy (non-hydrogen) atoms. The quantitative estimate of drug-likeness (QED) is 0.318. The molecular formula is C32H34F3N7O2. The zero-order valence-electron chi connectivity index (χ0n) is 24.7. The van der Waals surface area contributed by atoms with E-state index >= 15 is 13.2 Å². The van der Waals surface area contributed by atoms with Gasteiger partial charge in [-0.25, -0.2) is 13.2 Å². The number of benzene rings is 2. The maximum Gasteiger partial charge on any atom is 0.269 e. The lowest BCUT2D eigenvalue weighted by Gasteiger charge is -2.28. The number of piperidine rings is 1. The van der Waals surface area contributed by atoms with Crippen LogP contribution in [0.15, 0.2) is 42.7 Å². The van der Waals surface area contributed by atoms with E-state index in [1.165, 1.54) is 23.2 Å². The predicted octanol–water partition coefficient (Wildman–Crippen LogP) is 4.72. The van der Waals surface area contributed by atoms with Crippen LogP contribution in [0.1, 0.15) is 53.2 Å². The van der Waals surface area contributed by atoms with E-state index < -0.39 is 17.5 Å². The van der Waals surface area contributed by atoms with Crippen LogP contribution < -0.4 is 5.32 Å². The van der Waals surface area contributed by atoms with Crippen molar-refractivity contribution < 1.29 is 22.8 Å². The molecule has 12 heteroatoms. The summed E-state index contributed by atoms with van der Waals surface area (Å²) in [6.07, 6.45) is 7.18. The molecule has 2 aliphatic heterocycles. The smallest absolute Gasteiger partial charge is 0.269 e. The summed E-state index contributed by atoms with van der Waals surface area (Å²) in [4.78, 5) is 31.8. The van der Waals surface area contributed by atoms with Crippen LogP contribution in [0, 0.1) is 17.5 Å². The molecule has 1 fully saturated rings. The van der Waals surface area contributed by atoms with Crippen LogP contribution in [-0.2, 0) is 11.3 Å². The van der Waals surface area contributed by atoms with Gasteiger partial charge >= 0.3 is 0 Å². The van der Waals surface area contributed by atoms with E-state index in [0.29, 0.717) is 43.5 Å². The highest BCUT2D eigenvalue weighted by atomic mass is 19.2. The first-order chi connectivity index (χ1) is 21.2. The Morgan fingerprint density at radius 3 is 2.55 bits per heavy atom. The molecule has 6 rings (SSSR count). The predicted molar refractivity (Wildman–Crippen MR) is 160 cm³/mol. The number of amides is 2. The molecule has 2 N–H and O–H groups in total. The van der Waals surface area contributed by atoms with Crippen molar-refractivity contribution in [2.24, 2.45) is 0 Å². The van der Waals surface area contributed by atoms with Gasteiger partial charge in [0.05, 0.1) is 18.3 Å². The van der Waals surface area contributed by atoms with Gasteiger partial charge in [-0.05, 0) is 67.1 Å². The minimum Gasteiger partial charge on any atom is -0.348 e. The number of aromatic nitrogens is 4. The van der Waals surface area contributed by atoms with Gasteiger partial charge in [0, 0.05) is 56.3 Å². The van der Waals surface area contributed by atoms with Crippen LogP contribution in [0.3, 0.4) is 0 Å². The van der Waals surface area contributed by atoms with Gasteiger partial charge in [0.1, 0.15) is 5.69 Å². The molecule has 0 radical (unpaired) electrons. The number of hydrogen-bond donors (Lipinski definition) is 2. The molecule has 2 amide bonds. The monoisotopic (exact) mass is 605 g/mol. The van der Waals surface area contributed by atoms with Gasteiger partial charge in [-0.2, -0.15) is 0 Å². The van der Waals surface area contributed by atoms with Gasteiger partial charge in [0.25, 0.3) is 5.91 Å². The van der Waals surface area contributed by atoms with Crippen molar-refractivity contribution >= 4 is 28.3 Å². The van der Waals surface area contributed by atoms with Gasteiger partial charge in [-0.15, -0.1) is 5.10 Å². The van der Waals surface area contributed by atoms with Crippen LogP contribution in [-0.4, -0.2) is 81.9 Å². The number of H-pyrrole nitrogens is 1. The van der Waals surface area contributed by atoms with E-state index in [9.17, 15) is 9.59 Å². The van der Waals surface area contributed by atoms with Crippen molar-refractivity contribution in [1.82, 2.24) is 35.1 Å². The van der Waals surface area contributed by atoms with E-state index in [4.69, 9.17) is 0 Å². The maximum absolute atomic E-state index is 16.3. The average molecular weight is 606 g/mol. The molecule has 0 unspecified atom stereocenters. The Labute approximate surface area is 252 Å². The van der Waals surface area contributed by atoms with Gasteiger partial charge < -0.3 is 20.1 Å². The highest BCUT2D eigenvalue weighted by molar-refractivity contribution is 6.04. The second kappa shape index (κ2) is 12.3. The number of aryl methyl sites for hydroxylation is 1. The van der Waals surface area contributed by atoms with Crippen molar-refractivity contribution in [1.29, 1.82) is 0 Å². The number of nitrogens with zero attached hydrogens (tertiary/aromatic N) is 5. The van der Waals surface area contributed by atoms with Gasteiger partial charge in [0.15, 0.2) is 17.5 Å². The first kappa shape index (κ1) is 29.6. The van der Waals surface area contributed by atoms with Crippen LogP contribution in [0.5, 0.6) is 0 Å². The highest BCUT2D eigenvalue weighted by Gasteiger charge is 2.28. The lowest BCUT2D eigenvalue weighted by molar-refractivity contribution is -0.131. The molecule has 0 bridgehead atoms. The third kappa shape index (κ3) is 5.61. The summed E-state index contributed by atoms with van der Waals surface area (Å²) >= 11 is 0. The molecule has 4 aromatic rings. The van der Waals surface area contributed by atoms with E-state index in [0.717, 1.165) is 13.1 Å².